The summed E-state index contributed by atoms with van der Waals surface area (Å²) in [7, 11) is 0. The van der Waals surface area contributed by atoms with Crippen LogP contribution in [0.2, 0.25) is 0 Å². The number of amides is 1. The van der Waals surface area contributed by atoms with Crippen molar-refractivity contribution in [3.05, 3.63) is 18.0 Å². The highest BCUT2D eigenvalue weighted by molar-refractivity contribution is 5.86. The first-order valence-corrected chi connectivity index (χ1v) is 10.2. The number of aryl methyl sites for hydroxylation is 1. The van der Waals surface area contributed by atoms with Gasteiger partial charge in [0.2, 0.25) is 5.65 Å². The zero-order valence-corrected chi connectivity index (χ0v) is 17.4. The predicted octanol–water partition coefficient (Wildman–Crippen LogP) is 2.68. The molecule has 10 heteroatoms. The Labute approximate surface area is 173 Å². The summed E-state index contributed by atoms with van der Waals surface area (Å²) in [5.74, 6) is 2.82. The second-order valence-electron chi connectivity index (χ2n) is 7.37. The maximum absolute atomic E-state index is 11.5. The number of fused-ring (bicyclic) bond motifs is 4. The topological polar surface area (TPSA) is 112 Å². The lowest BCUT2D eigenvalue weighted by Gasteiger charge is -2.19. The van der Waals surface area contributed by atoms with E-state index in [4.69, 9.17) is 19.2 Å². The van der Waals surface area contributed by atoms with Gasteiger partial charge in [0.15, 0.2) is 17.3 Å². The quantitative estimate of drug-likeness (QED) is 0.568. The molecule has 0 fully saturated rings. The third kappa shape index (κ3) is 4.17. The van der Waals surface area contributed by atoms with Crippen molar-refractivity contribution in [1.82, 2.24) is 24.9 Å². The lowest BCUT2D eigenvalue weighted by Crippen LogP contribution is -2.27. The highest BCUT2D eigenvalue weighted by atomic mass is 16.6. The minimum Gasteiger partial charge on any atom is -0.486 e. The number of hydrogen-bond donors (Lipinski definition) is 2. The molecule has 0 aliphatic carbocycles. The highest BCUT2D eigenvalue weighted by Gasteiger charge is 2.18. The van der Waals surface area contributed by atoms with Crippen molar-refractivity contribution in [2.75, 3.05) is 31.6 Å². The third-order valence-electron chi connectivity index (χ3n) is 4.66. The van der Waals surface area contributed by atoms with Crippen molar-refractivity contribution in [3.8, 4) is 11.5 Å². The molecular formula is C20H26N6O4. The van der Waals surface area contributed by atoms with Gasteiger partial charge >= 0.3 is 6.09 Å². The molecule has 3 aromatic rings. The molecule has 4 rings (SSSR count). The first kappa shape index (κ1) is 20.0. The molecular weight excluding hydrogens is 388 g/mol. The van der Waals surface area contributed by atoms with Crippen molar-refractivity contribution < 1.29 is 19.0 Å². The lowest BCUT2D eigenvalue weighted by molar-refractivity contribution is 0.115. The Morgan fingerprint density at radius 2 is 1.90 bits per heavy atom. The third-order valence-corrected chi connectivity index (χ3v) is 4.66. The number of nitrogens with zero attached hydrogens (tertiary/aromatic N) is 4. The summed E-state index contributed by atoms with van der Waals surface area (Å²) in [6.45, 7) is 7.84. The fourth-order valence-electron chi connectivity index (χ4n) is 3.33. The first-order chi connectivity index (χ1) is 14.5. The average Bonchev–Trinajstić information content (AvgIpc) is 3.10. The van der Waals surface area contributed by atoms with Crippen LogP contribution in [-0.4, -0.2) is 58.1 Å². The summed E-state index contributed by atoms with van der Waals surface area (Å²) in [6.07, 6.45) is 1.16. The van der Waals surface area contributed by atoms with E-state index in [1.165, 1.54) is 0 Å². The van der Waals surface area contributed by atoms with Crippen LogP contribution in [-0.2, 0) is 4.74 Å². The molecule has 1 aliphatic heterocycles. The lowest BCUT2D eigenvalue weighted by atomic mass is 10.2. The number of alkyl carbamates (subject to hydrolysis) is 1. The van der Waals surface area contributed by atoms with Crippen molar-refractivity contribution >= 4 is 28.6 Å². The molecule has 0 saturated carbocycles. The minimum absolute atomic E-state index is 0.123. The number of carbonyl (C=O) groups is 1. The van der Waals surface area contributed by atoms with Crippen LogP contribution in [0.25, 0.3) is 16.7 Å². The van der Waals surface area contributed by atoms with E-state index in [0.29, 0.717) is 49.3 Å². The van der Waals surface area contributed by atoms with Crippen LogP contribution < -0.4 is 20.1 Å². The Kier molecular flexibility index (Phi) is 5.73. The number of hydrogen-bond acceptors (Lipinski definition) is 8. The minimum atomic E-state index is -0.385. The van der Waals surface area contributed by atoms with E-state index in [1.54, 1.807) is 0 Å². The summed E-state index contributed by atoms with van der Waals surface area (Å²) >= 11 is 0. The average molecular weight is 414 g/mol. The molecule has 0 saturated heterocycles. The van der Waals surface area contributed by atoms with Crippen molar-refractivity contribution in [1.29, 1.82) is 0 Å². The van der Waals surface area contributed by atoms with Crippen LogP contribution in [0.15, 0.2) is 12.1 Å². The summed E-state index contributed by atoms with van der Waals surface area (Å²) in [5.41, 5.74) is 2.31. The van der Waals surface area contributed by atoms with E-state index in [-0.39, 0.29) is 12.2 Å². The van der Waals surface area contributed by atoms with Crippen molar-refractivity contribution in [2.45, 2.75) is 39.7 Å². The van der Waals surface area contributed by atoms with E-state index < -0.39 is 0 Å². The molecule has 0 spiro atoms. The van der Waals surface area contributed by atoms with E-state index in [9.17, 15) is 4.79 Å². The summed E-state index contributed by atoms with van der Waals surface area (Å²) in [6, 6.07) is 3.81. The van der Waals surface area contributed by atoms with Crippen molar-refractivity contribution in [3.63, 3.8) is 0 Å². The van der Waals surface area contributed by atoms with Gasteiger partial charge in [0.05, 0.1) is 17.1 Å². The van der Waals surface area contributed by atoms with Crippen molar-refractivity contribution in [2.24, 2.45) is 0 Å². The Morgan fingerprint density at radius 3 is 2.67 bits per heavy atom. The zero-order chi connectivity index (χ0) is 21.1. The molecule has 0 bridgehead atoms. The molecule has 160 valence electrons. The van der Waals surface area contributed by atoms with Gasteiger partial charge in [-0.2, -0.15) is 0 Å². The molecule has 2 aromatic heterocycles. The van der Waals surface area contributed by atoms with Gasteiger partial charge in [-0.1, -0.05) is 0 Å². The number of ether oxygens (including phenoxy) is 3. The summed E-state index contributed by atoms with van der Waals surface area (Å²) in [4.78, 5) is 16.2. The second kappa shape index (κ2) is 8.60. The Hall–Kier alpha value is -3.30. The van der Waals surface area contributed by atoms with Crippen LogP contribution in [0.1, 0.15) is 32.5 Å². The second-order valence-corrected chi connectivity index (χ2v) is 7.37. The van der Waals surface area contributed by atoms with E-state index in [1.807, 2.05) is 37.3 Å². The van der Waals surface area contributed by atoms with Gasteiger partial charge in [-0.05, 0) is 33.6 Å². The number of benzene rings is 1. The van der Waals surface area contributed by atoms with Gasteiger partial charge < -0.3 is 24.8 Å². The van der Waals surface area contributed by atoms with Gasteiger partial charge in [0.25, 0.3) is 0 Å². The number of aromatic nitrogens is 4. The number of carbonyl (C=O) groups excluding carboxylic acids is 1. The Balaban J connectivity index is 1.45. The zero-order valence-electron chi connectivity index (χ0n) is 17.4. The van der Waals surface area contributed by atoms with Crippen LogP contribution in [0.3, 0.4) is 0 Å². The standard InChI is InChI=1S/C20H26N6O4/c1-12(2)30-20(27)22-7-5-4-6-21-18-19-25-24-13(3)26(19)15-11-17-16(10-14(15)23-18)28-8-9-29-17/h10-12H,4-9H2,1-3H3,(H,21,23)(H,22,27). The Bertz CT molecular complexity index is 1060. The maximum atomic E-state index is 11.5. The molecule has 1 aromatic carbocycles. The SMILES string of the molecule is Cc1nnc2c(NCCCCNC(=O)OC(C)C)nc3cc4c(cc3n12)OCCO4. The number of rotatable bonds is 7. The van der Waals surface area contributed by atoms with E-state index in [2.05, 4.69) is 20.8 Å². The van der Waals surface area contributed by atoms with Crippen LogP contribution in [0, 0.1) is 6.92 Å². The molecule has 1 aliphatic rings. The molecule has 0 radical (unpaired) electrons. The van der Waals surface area contributed by atoms with Gasteiger partial charge in [-0.3, -0.25) is 4.40 Å². The number of nitrogens with one attached hydrogen (secondary N) is 2. The summed E-state index contributed by atoms with van der Waals surface area (Å²) in [5, 5.41) is 14.6. The molecule has 2 N–H and O–H groups in total. The summed E-state index contributed by atoms with van der Waals surface area (Å²) < 4.78 is 18.4. The molecule has 1 amide bonds. The molecule has 3 heterocycles. The molecule has 30 heavy (non-hydrogen) atoms. The number of unbranched alkanes of at least 4 members (excludes halogenated alkanes) is 1. The monoisotopic (exact) mass is 414 g/mol. The smallest absolute Gasteiger partial charge is 0.407 e. The van der Waals surface area contributed by atoms with Crippen LogP contribution in [0.5, 0.6) is 11.5 Å². The van der Waals surface area contributed by atoms with Gasteiger partial charge in [-0.25, -0.2) is 9.78 Å². The normalized spacial score (nSPS) is 13.1. The van der Waals surface area contributed by atoms with Gasteiger partial charge in [-0.15, -0.1) is 10.2 Å². The molecule has 0 unspecified atom stereocenters. The Morgan fingerprint density at radius 1 is 1.17 bits per heavy atom. The maximum Gasteiger partial charge on any atom is 0.407 e. The molecule has 10 nitrogen and oxygen atoms in total. The molecule has 0 atom stereocenters. The largest absolute Gasteiger partial charge is 0.486 e. The van der Waals surface area contributed by atoms with Crippen LogP contribution >= 0.6 is 0 Å². The van der Waals surface area contributed by atoms with Gasteiger partial charge in [0.1, 0.15) is 19.0 Å². The predicted molar refractivity (Wildman–Crippen MR) is 111 cm³/mol. The number of anilines is 1. The van der Waals surface area contributed by atoms with E-state index in [0.717, 1.165) is 29.7 Å². The van der Waals surface area contributed by atoms with Crippen LogP contribution in [0.4, 0.5) is 10.6 Å². The fraction of sp³-hybridized carbons (Fsp3) is 0.500. The first-order valence-electron chi connectivity index (χ1n) is 10.2. The van der Waals surface area contributed by atoms with E-state index >= 15 is 0 Å². The fourth-order valence-corrected chi connectivity index (χ4v) is 3.33. The highest BCUT2D eigenvalue weighted by Crippen LogP contribution is 2.35. The van der Waals surface area contributed by atoms with Gasteiger partial charge in [0, 0.05) is 25.2 Å².